The molecular formula is C16H19BrN2OS. The number of nitrogens with two attached hydrogens (primary N) is 1. The maximum absolute atomic E-state index is 6.34. The van der Waals surface area contributed by atoms with E-state index in [-0.39, 0.29) is 11.3 Å². The number of rotatable bonds is 6. The summed E-state index contributed by atoms with van der Waals surface area (Å²) in [7, 11) is 1.69. The Morgan fingerprint density at radius 2 is 2.05 bits per heavy atom. The van der Waals surface area contributed by atoms with Gasteiger partial charge in [-0.1, -0.05) is 36.9 Å². The molecule has 0 spiro atoms. The van der Waals surface area contributed by atoms with Crippen LogP contribution in [0.5, 0.6) is 5.75 Å². The second-order valence-electron chi connectivity index (χ2n) is 4.67. The predicted octanol–water partition coefficient (Wildman–Crippen LogP) is 4.42. The van der Waals surface area contributed by atoms with Crippen molar-refractivity contribution in [1.29, 1.82) is 0 Å². The van der Waals surface area contributed by atoms with Crippen molar-refractivity contribution >= 4 is 27.7 Å². The minimum atomic E-state index is 0.0387. The lowest BCUT2D eigenvalue weighted by Gasteiger charge is -2.24. The molecule has 0 fully saturated rings. The van der Waals surface area contributed by atoms with Crippen LogP contribution in [0, 0.1) is 0 Å². The average molecular weight is 367 g/mol. The van der Waals surface area contributed by atoms with Gasteiger partial charge in [-0.25, -0.2) is 4.98 Å². The van der Waals surface area contributed by atoms with E-state index in [2.05, 4.69) is 33.9 Å². The van der Waals surface area contributed by atoms with Gasteiger partial charge in [0.1, 0.15) is 5.75 Å². The summed E-state index contributed by atoms with van der Waals surface area (Å²) in [5.74, 6) is 0.871. The number of methoxy groups -OCH3 is 1. The summed E-state index contributed by atoms with van der Waals surface area (Å²) < 4.78 is 6.45. The number of hydrogen-bond acceptors (Lipinski definition) is 4. The molecule has 2 aromatic rings. The van der Waals surface area contributed by atoms with Gasteiger partial charge < -0.3 is 10.5 Å². The summed E-state index contributed by atoms with van der Waals surface area (Å²) in [6.07, 6.45) is 2.70. The van der Waals surface area contributed by atoms with Gasteiger partial charge in [0.25, 0.3) is 0 Å². The molecule has 0 radical (unpaired) electrons. The minimum absolute atomic E-state index is 0.0387. The van der Waals surface area contributed by atoms with Crippen molar-refractivity contribution in [3.8, 4) is 5.75 Å². The van der Waals surface area contributed by atoms with Gasteiger partial charge in [-0.3, -0.25) is 0 Å². The highest BCUT2D eigenvalue weighted by molar-refractivity contribution is 9.10. The van der Waals surface area contributed by atoms with Gasteiger partial charge in [0, 0.05) is 22.3 Å². The Hall–Kier alpha value is -1.04. The summed E-state index contributed by atoms with van der Waals surface area (Å²) in [4.78, 5) is 4.44. The van der Waals surface area contributed by atoms with Gasteiger partial charge in [-0.15, -0.1) is 0 Å². The van der Waals surface area contributed by atoms with Crippen molar-refractivity contribution < 1.29 is 4.74 Å². The van der Waals surface area contributed by atoms with Crippen molar-refractivity contribution in [2.45, 2.75) is 29.7 Å². The van der Waals surface area contributed by atoms with Crippen LogP contribution in [0.4, 0.5) is 0 Å². The number of thioether (sulfide) groups is 1. The molecule has 2 unspecified atom stereocenters. The van der Waals surface area contributed by atoms with Gasteiger partial charge in [0.15, 0.2) is 0 Å². The Balaban J connectivity index is 2.32. The Morgan fingerprint density at radius 3 is 2.67 bits per heavy atom. The van der Waals surface area contributed by atoms with E-state index in [0.29, 0.717) is 0 Å². The smallest absolute Gasteiger partial charge is 0.123 e. The maximum atomic E-state index is 6.34. The van der Waals surface area contributed by atoms with Crippen molar-refractivity contribution in [3.05, 3.63) is 52.6 Å². The number of nitrogens with zero attached hydrogens (tertiary/aromatic N) is 1. The molecule has 1 heterocycles. The molecule has 2 atom stereocenters. The van der Waals surface area contributed by atoms with Crippen molar-refractivity contribution in [3.63, 3.8) is 0 Å². The highest BCUT2D eigenvalue weighted by Gasteiger charge is 2.23. The average Bonchev–Trinajstić information content (AvgIpc) is 2.53. The van der Waals surface area contributed by atoms with E-state index in [1.54, 1.807) is 25.1 Å². The van der Waals surface area contributed by atoms with Crippen molar-refractivity contribution in [1.82, 2.24) is 4.98 Å². The topological polar surface area (TPSA) is 48.1 Å². The lowest BCUT2D eigenvalue weighted by atomic mass is 10.0. The van der Waals surface area contributed by atoms with E-state index < -0.39 is 0 Å². The van der Waals surface area contributed by atoms with Gasteiger partial charge in [-0.2, -0.15) is 0 Å². The number of ether oxygens (including phenoxy) is 1. The molecular weight excluding hydrogens is 348 g/mol. The lowest BCUT2D eigenvalue weighted by molar-refractivity contribution is 0.407. The first-order valence-corrected chi connectivity index (χ1v) is 8.49. The molecule has 2 rings (SSSR count). The number of pyridine rings is 1. The van der Waals surface area contributed by atoms with Crippen LogP contribution in [0.2, 0.25) is 0 Å². The maximum Gasteiger partial charge on any atom is 0.123 e. The molecule has 0 aliphatic rings. The highest BCUT2D eigenvalue weighted by Crippen LogP contribution is 2.41. The molecule has 1 aromatic carbocycles. The Kier molecular flexibility index (Phi) is 6.08. The Morgan fingerprint density at radius 1 is 1.29 bits per heavy atom. The molecule has 0 saturated carbocycles. The third-order valence-corrected chi connectivity index (χ3v) is 5.06. The monoisotopic (exact) mass is 366 g/mol. The SMILES string of the molecule is CCC(N)C(Sc1ccc(Br)cn1)c1ccccc1OC. The Bertz CT molecular complexity index is 577. The number of aromatic nitrogens is 1. The molecule has 0 aliphatic carbocycles. The van der Waals surface area contributed by atoms with Crippen LogP contribution >= 0.6 is 27.7 Å². The molecule has 3 nitrogen and oxygen atoms in total. The van der Waals surface area contributed by atoms with E-state index in [1.165, 1.54) is 0 Å². The molecule has 0 bridgehead atoms. The summed E-state index contributed by atoms with van der Waals surface area (Å²) in [6.45, 7) is 2.10. The first kappa shape index (κ1) is 16.3. The largest absolute Gasteiger partial charge is 0.496 e. The number of benzene rings is 1. The molecule has 21 heavy (non-hydrogen) atoms. The van der Waals surface area contributed by atoms with Crippen molar-refractivity contribution in [2.75, 3.05) is 7.11 Å². The van der Waals surface area contributed by atoms with E-state index in [9.17, 15) is 0 Å². The van der Waals surface area contributed by atoms with E-state index in [4.69, 9.17) is 10.5 Å². The molecule has 0 amide bonds. The molecule has 5 heteroatoms. The van der Waals surface area contributed by atoms with Crippen LogP contribution in [0.3, 0.4) is 0 Å². The van der Waals surface area contributed by atoms with Gasteiger partial charge in [-0.05, 0) is 40.5 Å². The number of para-hydroxylation sites is 1. The normalized spacial score (nSPS) is 13.7. The van der Waals surface area contributed by atoms with Gasteiger partial charge in [0.2, 0.25) is 0 Å². The quantitative estimate of drug-likeness (QED) is 0.768. The van der Waals surface area contributed by atoms with Crippen LogP contribution in [-0.2, 0) is 0 Å². The zero-order valence-corrected chi connectivity index (χ0v) is 14.5. The van der Waals surface area contributed by atoms with Crippen LogP contribution in [0.15, 0.2) is 52.1 Å². The third kappa shape index (κ3) is 4.22. The summed E-state index contributed by atoms with van der Waals surface area (Å²) >= 11 is 5.08. The van der Waals surface area contributed by atoms with E-state index in [0.717, 1.165) is 27.2 Å². The van der Waals surface area contributed by atoms with E-state index >= 15 is 0 Å². The second kappa shape index (κ2) is 7.82. The second-order valence-corrected chi connectivity index (χ2v) is 6.74. The van der Waals surface area contributed by atoms with Gasteiger partial charge in [0.05, 0.1) is 17.4 Å². The number of halogens is 1. The first-order valence-electron chi connectivity index (χ1n) is 6.82. The molecule has 2 N–H and O–H groups in total. The van der Waals surface area contributed by atoms with E-state index in [1.807, 2.05) is 30.3 Å². The number of hydrogen-bond donors (Lipinski definition) is 1. The molecule has 0 aliphatic heterocycles. The summed E-state index contributed by atoms with van der Waals surface area (Å²) in [5.41, 5.74) is 7.45. The minimum Gasteiger partial charge on any atom is -0.496 e. The fourth-order valence-corrected chi connectivity index (χ4v) is 3.50. The predicted molar refractivity (Wildman–Crippen MR) is 91.8 cm³/mol. The van der Waals surface area contributed by atoms with Gasteiger partial charge >= 0.3 is 0 Å². The fourth-order valence-electron chi connectivity index (χ4n) is 2.06. The Labute approximate surface area is 138 Å². The summed E-state index contributed by atoms with van der Waals surface area (Å²) in [6, 6.07) is 12.1. The highest BCUT2D eigenvalue weighted by atomic mass is 79.9. The molecule has 1 aromatic heterocycles. The zero-order chi connectivity index (χ0) is 15.2. The van der Waals surface area contributed by atoms with Crippen LogP contribution < -0.4 is 10.5 Å². The summed E-state index contributed by atoms with van der Waals surface area (Å²) in [5, 5.41) is 1.07. The first-order chi connectivity index (χ1) is 10.2. The van der Waals surface area contributed by atoms with Crippen LogP contribution in [-0.4, -0.2) is 18.1 Å². The lowest BCUT2D eigenvalue weighted by Crippen LogP contribution is -2.26. The van der Waals surface area contributed by atoms with Crippen molar-refractivity contribution in [2.24, 2.45) is 5.73 Å². The molecule has 112 valence electrons. The van der Waals surface area contributed by atoms with Crippen LogP contribution in [0.25, 0.3) is 0 Å². The third-order valence-electron chi connectivity index (χ3n) is 3.25. The van der Waals surface area contributed by atoms with Crippen LogP contribution in [0.1, 0.15) is 24.2 Å². The molecule has 0 saturated heterocycles. The standard InChI is InChI=1S/C16H19BrN2OS/c1-3-13(18)16(12-6-4-5-7-14(12)20-2)21-15-9-8-11(17)10-19-15/h4-10,13,16H,3,18H2,1-2H3. The zero-order valence-electron chi connectivity index (χ0n) is 12.1. The fraction of sp³-hybridized carbons (Fsp3) is 0.312.